The summed E-state index contributed by atoms with van der Waals surface area (Å²) < 4.78 is 0. The molecule has 2 rings (SSSR count). The van der Waals surface area contributed by atoms with Gasteiger partial charge in [-0.3, -0.25) is 9.78 Å². The second-order valence-corrected chi connectivity index (χ2v) is 4.31. The van der Waals surface area contributed by atoms with Crippen LogP contribution < -0.4 is 10.6 Å². The monoisotopic (exact) mass is 263 g/mol. The lowest BCUT2D eigenvalue weighted by molar-refractivity contribution is -0.109. The van der Waals surface area contributed by atoms with Crippen molar-refractivity contribution in [3.8, 4) is 0 Å². The van der Waals surface area contributed by atoms with Gasteiger partial charge in [0.15, 0.2) is 0 Å². The SMILES string of the molecule is O=CNCCCNc1ccnc2cc(Cl)ccc12. The van der Waals surface area contributed by atoms with Crippen molar-refractivity contribution in [3.05, 3.63) is 35.5 Å². The number of anilines is 1. The average Bonchev–Trinajstić information content (AvgIpc) is 2.38. The summed E-state index contributed by atoms with van der Waals surface area (Å²) in [6.45, 7) is 1.47. The number of hydrogen-bond donors (Lipinski definition) is 2. The van der Waals surface area contributed by atoms with Gasteiger partial charge in [0.05, 0.1) is 5.52 Å². The lowest BCUT2D eigenvalue weighted by Crippen LogP contribution is -2.15. The molecule has 0 radical (unpaired) electrons. The number of halogens is 1. The summed E-state index contributed by atoms with van der Waals surface area (Å²) in [6, 6.07) is 7.58. The fraction of sp³-hybridized carbons (Fsp3) is 0.231. The van der Waals surface area contributed by atoms with Gasteiger partial charge in [-0.1, -0.05) is 11.6 Å². The van der Waals surface area contributed by atoms with E-state index in [2.05, 4.69) is 15.6 Å². The highest BCUT2D eigenvalue weighted by Gasteiger charge is 2.01. The summed E-state index contributed by atoms with van der Waals surface area (Å²) in [7, 11) is 0. The first-order valence-corrected chi connectivity index (χ1v) is 6.14. The van der Waals surface area contributed by atoms with Crippen LogP contribution in [0.4, 0.5) is 5.69 Å². The standard InChI is InChI=1S/C13H14ClN3O/c14-10-2-3-11-12(4-7-17-13(11)8-10)16-6-1-5-15-9-18/h2-4,7-9H,1,5-6H2,(H,15,18)(H,16,17). The molecule has 0 spiro atoms. The number of carbonyl (C=O) groups is 1. The molecule has 1 heterocycles. The topological polar surface area (TPSA) is 54.0 Å². The zero-order valence-electron chi connectivity index (χ0n) is 9.82. The summed E-state index contributed by atoms with van der Waals surface area (Å²) in [5.74, 6) is 0. The number of aromatic nitrogens is 1. The predicted octanol–water partition coefficient (Wildman–Crippen LogP) is 2.44. The van der Waals surface area contributed by atoms with Crippen molar-refractivity contribution < 1.29 is 4.79 Å². The Labute approximate surface area is 110 Å². The van der Waals surface area contributed by atoms with E-state index >= 15 is 0 Å². The molecular weight excluding hydrogens is 250 g/mol. The fourth-order valence-electron chi connectivity index (χ4n) is 1.75. The molecule has 2 aromatic rings. The van der Waals surface area contributed by atoms with Crippen molar-refractivity contribution in [2.75, 3.05) is 18.4 Å². The third-order valence-corrected chi connectivity index (χ3v) is 2.84. The Morgan fingerprint density at radius 3 is 3.00 bits per heavy atom. The van der Waals surface area contributed by atoms with E-state index in [0.29, 0.717) is 18.0 Å². The largest absolute Gasteiger partial charge is 0.384 e. The van der Waals surface area contributed by atoms with Gasteiger partial charge in [-0.25, -0.2) is 0 Å². The minimum atomic E-state index is 0.672. The molecule has 0 aliphatic heterocycles. The molecular formula is C13H14ClN3O. The number of pyridine rings is 1. The number of benzene rings is 1. The first-order valence-electron chi connectivity index (χ1n) is 5.76. The summed E-state index contributed by atoms with van der Waals surface area (Å²) in [5, 5.41) is 7.69. The summed E-state index contributed by atoms with van der Waals surface area (Å²) in [6.07, 6.45) is 3.34. The molecule has 2 N–H and O–H groups in total. The lowest BCUT2D eigenvalue weighted by Gasteiger charge is -2.09. The van der Waals surface area contributed by atoms with E-state index in [1.807, 2.05) is 24.3 Å². The van der Waals surface area contributed by atoms with E-state index < -0.39 is 0 Å². The van der Waals surface area contributed by atoms with Crippen molar-refractivity contribution in [1.82, 2.24) is 10.3 Å². The van der Waals surface area contributed by atoms with Crippen LogP contribution in [-0.2, 0) is 4.79 Å². The van der Waals surface area contributed by atoms with E-state index in [-0.39, 0.29) is 0 Å². The van der Waals surface area contributed by atoms with E-state index in [1.54, 1.807) is 6.20 Å². The molecule has 0 bridgehead atoms. The second kappa shape index (κ2) is 6.21. The van der Waals surface area contributed by atoms with E-state index in [9.17, 15) is 4.79 Å². The van der Waals surface area contributed by atoms with Crippen molar-refractivity contribution >= 4 is 34.6 Å². The van der Waals surface area contributed by atoms with Crippen molar-refractivity contribution in [2.45, 2.75) is 6.42 Å². The summed E-state index contributed by atoms with van der Waals surface area (Å²) in [4.78, 5) is 14.4. The minimum absolute atomic E-state index is 0.672. The van der Waals surface area contributed by atoms with Crippen molar-refractivity contribution in [1.29, 1.82) is 0 Å². The number of amides is 1. The fourth-order valence-corrected chi connectivity index (χ4v) is 1.91. The van der Waals surface area contributed by atoms with Gasteiger partial charge < -0.3 is 10.6 Å². The highest BCUT2D eigenvalue weighted by Crippen LogP contribution is 2.24. The smallest absolute Gasteiger partial charge is 0.207 e. The van der Waals surface area contributed by atoms with Gasteiger partial charge in [0.1, 0.15) is 0 Å². The van der Waals surface area contributed by atoms with Gasteiger partial charge in [-0.05, 0) is 30.7 Å². The number of nitrogens with zero attached hydrogens (tertiary/aromatic N) is 1. The predicted molar refractivity (Wildman–Crippen MR) is 73.9 cm³/mol. The zero-order chi connectivity index (χ0) is 12.8. The van der Waals surface area contributed by atoms with Crippen LogP contribution in [0.1, 0.15) is 6.42 Å². The van der Waals surface area contributed by atoms with Crippen LogP contribution >= 0.6 is 11.6 Å². The average molecular weight is 264 g/mol. The van der Waals surface area contributed by atoms with Crippen LogP contribution in [0.25, 0.3) is 10.9 Å². The zero-order valence-corrected chi connectivity index (χ0v) is 10.6. The lowest BCUT2D eigenvalue weighted by atomic mass is 10.2. The number of nitrogens with one attached hydrogen (secondary N) is 2. The first kappa shape index (κ1) is 12.6. The molecule has 0 aliphatic carbocycles. The highest BCUT2D eigenvalue weighted by molar-refractivity contribution is 6.31. The molecule has 5 heteroatoms. The van der Waals surface area contributed by atoms with Gasteiger partial charge in [-0.2, -0.15) is 0 Å². The molecule has 18 heavy (non-hydrogen) atoms. The number of fused-ring (bicyclic) bond motifs is 1. The van der Waals surface area contributed by atoms with Crippen LogP contribution in [0.5, 0.6) is 0 Å². The van der Waals surface area contributed by atoms with E-state index in [1.165, 1.54) is 0 Å². The Morgan fingerprint density at radius 1 is 1.28 bits per heavy atom. The summed E-state index contributed by atoms with van der Waals surface area (Å²) >= 11 is 5.93. The van der Waals surface area contributed by atoms with Gasteiger partial charge in [0.25, 0.3) is 0 Å². The Kier molecular flexibility index (Phi) is 4.36. The van der Waals surface area contributed by atoms with Gasteiger partial charge in [0, 0.05) is 35.4 Å². The Balaban J connectivity index is 2.06. The maximum Gasteiger partial charge on any atom is 0.207 e. The molecule has 0 saturated carbocycles. The minimum Gasteiger partial charge on any atom is -0.384 e. The number of rotatable bonds is 6. The van der Waals surface area contributed by atoms with Crippen LogP contribution in [-0.4, -0.2) is 24.5 Å². The van der Waals surface area contributed by atoms with Gasteiger partial charge in [0.2, 0.25) is 6.41 Å². The summed E-state index contributed by atoms with van der Waals surface area (Å²) in [5.41, 5.74) is 1.90. The van der Waals surface area contributed by atoms with Crippen LogP contribution in [0.2, 0.25) is 5.02 Å². The van der Waals surface area contributed by atoms with Crippen molar-refractivity contribution in [2.24, 2.45) is 0 Å². The Morgan fingerprint density at radius 2 is 2.17 bits per heavy atom. The maximum atomic E-state index is 10.1. The highest BCUT2D eigenvalue weighted by atomic mass is 35.5. The second-order valence-electron chi connectivity index (χ2n) is 3.87. The maximum absolute atomic E-state index is 10.1. The van der Waals surface area contributed by atoms with Crippen LogP contribution in [0, 0.1) is 0 Å². The Hall–Kier alpha value is -1.81. The van der Waals surface area contributed by atoms with E-state index in [0.717, 1.165) is 29.6 Å². The molecule has 0 saturated heterocycles. The third kappa shape index (κ3) is 3.11. The molecule has 4 nitrogen and oxygen atoms in total. The van der Waals surface area contributed by atoms with Gasteiger partial charge >= 0.3 is 0 Å². The third-order valence-electron chi connectivity index (χ3n) is 2.60. The number of hydrogen-bond acceptors (Lipinski definition) is 3. The van der Waals surface area contributed by atoms with E-state index in [4.69, 9.17) is 11.6 Å². The Bertz CT molecular complexity index is 545. The van der Waals surface area contributed by atoms with Gasteiger partial charge in [-0.15, -0.1) is 0 Å². The molecule has 94 valence electrons. The molecule has 0 fully saturated rings. The molecule has 1 amide bonds. The van der Waals surface area contributed by atoms with Crippen LogP contribution in [0.15, 0.2) is 30.5 Å². The molecule has 0 unspecified atom stereocenters. The molecule has 1 aromatic carbocycles. The number of carbonyl (C=O) groups excluding carboxylic acids is 1. The molecule has 0 atom stereocenters. The molecule has 0 aliphatic rings. The first-order chi connectivity index (χ1) is 8.81. The molecule has 1 aromatic heterocycles. The normalized spacial score (nSPS) is 10.3. The van der Waals surface area contributed by atoms with Crippen LogP contribution in [0.3, 0.4) is 0 Å². The quantitative estimate of drug-likeness (QED) is 0.622. The van der Waals surface area contributed by atoms with Crippen molar-refractivity contribution in [3.63, 3.8) is 0 Å².